The number of rotatable bonds is 4. The molecule has 2 rings (SSSR count). The van der Waals surface area contributed by atoms with Crippen LogP contribution in [-0.2, 0) is 10.4 Å². The molecule has 1 aliphatic rings. The molecule has 106 valence electrons. The molecule has 0 aromatic carbocycles. The maximum Gasteiger partial charge on any atom is 0.223 e. The first-order valence-electron chi connectivity index (χ1n) is 7.14. The van der Waals surface area contributed by atoms with Crippen molar-refractivity contribution in [3.8, 4) is 0 Å². The maximum atomic E-state index is 12.1. The highest BCUT2D eigenvalue weighted by atomic mass is 32.1. The van der Waals surface area contributed by atoms with Gasteiger partial charge in [0.1, 0.15) is 5.60 Å². The Morgan fingerprint density at radius 1 is 1.42 bits per heavy atom. The van der Waals surface area contributed by atoms with Gasteiger partial charge in [0.15, 0.2) is 0 Å². The van der Waals surface area contributed by atoms with Crippen LogP contribution in [0, 0.1) is 5.92 Å². The molecular weight excluding hydrogens is 258 g/mol. The molecule has 4 heteroatoms. The number of nitrogens with one attached hydrogen (secondary N) is 1. The van der Waals surface area contributed by atoms with E-state index in [1.165, 1.54) is 24.2 Å². The SMILES string of the molecule is CC(O)(CNC(=O)C1CCCCCC1)c1cccs1. The van der Waals surface area contributed by atoms with Crippen LogP contribution in [0.15, 0.2) is 17.5 Å². The molecule has 0 bridgehead atoms. The summed E-state index contributed by atoms with van der Waals surface area (Å²) in [5, 5.41) is 15.2. The molecule has 1 saturated carbocycles. The third-order valence-corrected chi connectivity index (χ3v) is 5.01. The van der Waals surface area contributed by atoms with E-state index in [2.05, 4.69) is 5.32 Å². The number of carbonyl (C=O) groups is 1. The van der Waals surface area contributed by atoms with Crippen LogP contribution >= 0.6 is 11.3 Å². The lowest BCUT2D eigenvalue weighted by Crippen LogP contribution is -2.40. The van der Waals surface area contributed by atoms with E-state index in [-0.39, 0.29) is 11.8 Å². The summed E-state index contributed by atoms with van der Waals surface area (Å²) < 4.78 is 0. The minimum atomic E-state index is -0.964. The number of carbonyl (C=O) groups excluding carboxylic acids is 1. The third kappa shape index (κ3) is 4.05. The van der Waals surface area contributed by atoms with Crippen molar-refractivity contribution in [2.24, 2.45) is 5.92 Å². The Hall–Kier alpha value is -0.870. The van der Waals surface area contributed by atoms with E-state index in [4.69, 9.17) is 0 Å². The van der Waals surface area contributed by atoms with Crippen LogP contribution in [0.4, 0.5) is 0 Å². The standard InChI is InChI=1S/C15H23NO2S/c1-15(18,13-9-6-10-19-13)11-16-14(17)12-7-4-2-3-5-8-12/h6,9-10,12,18H,2-5,7-8,11H2,1H3,(H,16,17). The Bertz CT molecular complexity index is 392. The molecule has 1 heterocycles. The van der Waals surface area contributed by atoms with E-state index in [9.17, 15) is 9.90 Å². The lowest BCUT2D eigenvalue weighted by molar-refractivity contribution is -0.126. The minimum Gasteiger partial charge on any atom is -0.383 e. The van der Waals surface area contributed by atoms with Gasteiger partial charge in [0.05, 0.1) is 6.54 Å². The number of thiophene rings is 1. The first kappa shape index (κ1) is 14.5. The molecule has 0 spiro atoms. The smallest absolute Gasteiger partial charge is 0.223 e. The van der Waals surface area contributed by atoms with Gasteiger partial charge in [-0.05, 0) is 31.2 Å². The van der Waals surface area contributed by atoms with Crippen LogP contribution in [0.1, 0.15) is 50.3 Å². The highest BCUT2D eigenvalue weighted by Crippen LogP contribution is 2.26. The van der Waals surface area contributed by atoms with Gasteiger partial charge in [-0.3, -0.25) is 4.79 Å². The monoisotopic (exact) mass is 281 g/mol. The largest absolute Gasteiger partial charge is 0.383 e. The predicted octanol–water partition coefficient (Wildman–Crippen LogP) is 3.04. The summed E-state index contributed by atoms with van der Waals surface area (Å²) in [6.45, 7) is 2.05. The number of hydrogen-bond acceptors (Lipinski definition) is 3. The van der Waals surface area contributed by atoms with Crippen molar-refractivity contribution in [1.82, 2.24) is 5.32 Å². The van der Waals surface area contributed by atoms with Crippen molar-refractivity contribution in [3.63, 3.8) is 0 Å². The van der Waals surface area contributed by atoms with Gasteiger partial charge in [-0.25, -0.2) is 0 Å². The van der Waals surface area contributed by atoms with Gasteiger partial charge >= 0.3 is 0 Å². The molecule has 3 nitrogen and oxygen atoms in total. The molecular formula is C15H23NO2S. The maximum absolute atomic E-state index is 12.1. The van der Waals surface area contributed by atoms with E-state index in [0.29, 0.717) is 6.54 Å². The molecule has 0 saturated heterocycles. The van der Waals surface area contributed by atoms with Crippen molar-refractivity contribution in [3.05, 3.63) is 22.4 Å². The second kappa shape index (κ2) is 6.53. The van der Waals surface area contributed by atoms with Crippen LogP contribution in [-0.4, -0.2) is 17.6 Å². The van der Waals surface area contributed by atoms with E-state index < -0.39 is 5.60 Å². The third-order valence-electron chi connectivity index (χ3n) is 3.88. The van der Waals surface area contributed by atoms with E-state index >= 15 is 0 Å². The summed E-state index contributed by atoms with van der Waals surface area (Å²) in [6.07, 6.45) is 6.78. The fourth-order valence-corrected chi connectivity index (χ4v) is 3.40. The molecule has 1 aliphatic carbocycles. The molecule has 1 unspecified atom stereocenters. The van der Waals surface area contributed by atoms with Crippen molar-refractivity contribution >= 4 is 17.2 Å². The van der Waals surface area contributed by atoms with Gasteiger partial charge in [0, 0.05) is 10.8 Å². The minimum absolute atomic E-state index is 0.110. The van der Waals surface area contributed by atoms with E-state index in [1.807, 2.05) is 17.5 Å². The number of aliphatic hydroxyl groups is 1. The number of amides is 1. The van der Waals surface area contributed by atoms with E-state index in [1.54, 1.807) is 6.92 Å². The van der Waals surface area contributed by atoms with Gasteiger partial charge in [-0.1, -0.05) is 31.7 Å². The van der Waals surface area contributed by atoms with Gasteiger partial charge in [0.25, 0.3) is 0 Å². The zero-order chi connectivity index (χ0) is 13.7. The molecule has 19 heavy (non-hydrogen) atoms. The Morgan fingerprint density at radius 3 is 2.68 bits per heavy atom. The zero-order valence-corrected chi connectivity index (χ0v) is 12.3. The van der Waals surface area contributed by atoms with Crippen LogP contribution in [0.25, 0.3) is 0 Å². The predicted molar refractivity (Wildman–Crippen MR) is 78.1 cm³/mol. The van der Waals surface area contributed by atoms with Gasteiger partial charge in [-0.15, -0.1) is 11.3 Å². The van der Waals surface area contributed by atoms with Crippen molar-refractivity contribution in [2.75, 3.05) is 6.54 Å². The van der Waals surface area contributed by atoms with Crippen LogP contribution in [0.5, 0.6) is 0 Å². The molecule has 1 fully saturated rings. The lowest BCUT2D eigenvalue weighted by Gasteiger charge is -2.24. The zero-order valence-electron chi connectivity index (χ0n) is 11.5. The van der Waals surface area contributed by atoms with Gasteiger partial charge in [0.2, 0.25) is 5.91 Å². The summed E-state index contributed by atoms with van der Waals surface area (Å²) in [4.78, 5) is 13.0. The van der Waals surface area contributed by atoms with Crippen molar-refractivity contribution in [2.45, 2.75) is 51.0 Å². The summed E-state index contributed by atoms with van der Waals surface area (Å²) in [5.41, 5.74) is -0.964. The fraction of sp³-hybridized carbons (Fsp3) is 0.667. The lowest BCUT2D eigenvalue weighted by atomic mass is 9.98. The average molecular weight is 281 g/mol. The summed E-state index contributed by atoms with van der Waals surface area (Å²) in [6, 6.07) is 3.82. The van der Waals surface area contributed by atoms with Crippen LogP contribution in [0.2, 0.25) is 0 Å². The molecule has 1 aromatic heterocycles. The summed E-state index contributed by atoms with van der Waals surface area (Å²) >= 11 is 1.52. The van der Waals surface area contributed by atoms with Gasteiger partial charge in [-0.2, -0.15) is 0 Å². The molecule has 2 N–H and O–H groups in total. The normalized spacial score (nSPS) is 20.5. The van der Waals surface area contributed by atoms with Crippen molar-refractivity contribution in [1.29, 1.82) is 0 Å². The Balaban J connectivity index is 1.85. The van der Waals surface area contributed by atoms with Crippen LogP contribution < -0.4 is 5.32 Å². The molecule has 1 amide bonds. The second-order valence-corrected chi connectivity index (χ2v) is 6.61. The Kier molecular flexibility index (Phi) is 4.99. The molecule has 0 aliphatic heterocycles. The summed E-state index contributed by atoms with van der Waals surface area (Å²) in [7, 11) is 0. The first-order valence-corrected chi connectivity index (χ1v) is 8.01. The topological polar surface area (TPSA) is 49.3 Å². The van der Waals surface area contributed by atoms with Crippen LogP contribution in [0.3, 0.4) is 0 Å². The quantitative estimate of drug-likeness (QED) is 0.833. The fourth-order valence-electron chi connectivity index (χ4n) is 2.62. The Labute approximate surface area is 119 Å². The highest BCUT2D eigenvalue weighted by molar-refractivity contribution is 7.10. The summed E-state index contributed by atoms with van der Waals surface area (Å²) in [5.74, 6) is 0.250. The second-order valence-electron chi connectivity index (χ2n) is 5.66. The number of hydrogen-bond donors (Lipinski definition) is 2. The average Bonchev–Trinajstić information content (AvgIpc) is 2.80. The van der Waals surface area contributed by atoms with E-state index in [0.717, 1.165) is 30.6 Å². The van der Waals surface area contributed by atoms with Crippen molar-refractivity contribution < 1.29 is 9.90 Å². The highest BCUT2D eigenvalue weighted by Gasteiger charge is 2.27. The van der Waals surface area contributed by atoms with Gasteiger partial charge < -0.3 is 10.4 Å². The molecule has 1 atom stereocenters. The molecule has 1 aromatic rings. The molecule has 0 radical (unpaired) electrons. The Morgan fingerprint density at radius 2 is 2.11 bits per heavy atom. The first-order chi connectivity index (χ1) is 9.09.